The van der Waals surface area contributed by atoms with Crippen molar-refractivity contribution in [3.05, 3.63) is 65.3 Å². The first-order chi connectivity index (χ1) is 12.2. The number of anilines is 1. The zero-order chi connectivity index (χ0) is 17.2. The second kappa shape index (κ2) is 6.41. The van der Waals surface area contributed by atoms with E-state index in [1.54, 1.807) is 36.4 Å². The van der Waals surface area contributed by atoms with Gasteiger partial charge in [-0.25, -0.2) is 0 Å². The van der Waals surface area contributed by atoms with E-state index in [1.807, 2.05) is 18.2 Å². The van der Waals surface area contributed by atoms with E-state index in [4.69, 9.17) is 21.1 Å². The van der Waals surface area contributed by atoms with E-state index in [0.29, 0.717) is 33.6 Å². The molecule has 3 aromatic rings. The molecular formula is C18H12ClN3O3. The smallest absolute Gasteiger partial charge is 0.255 e. The van der Waals surface area contributed by atoms with Crippen molar-refractivity contribution < 1.29 is 14.3 Å². The largest absolute Gasteiger partial charge is 0.454 e. The van der Waals surface area contributed by atoms with Crippen LogP contribution in [-0.2, 0) is 0 Å². The third-order valence-electron chi connectivity index (χ3n) is 3.68. The Labute approximate surface area is 148 Å². The zero-order valence-corrected chi connectivity index (χ0v) is 13.7. The van der Waals surface area contributed by atoms with Crippen LogP contribution in [0.4, 0.5) is 5.69 Å². The SMILES string of the molecule is O=C(Nc1cccc(-c2ccc(Cl)nn2)c1)c1ccc2c(c1)OCO2. The average molecular weight is 354 g/mol. The number of fused-ring (bicyclic) bond motifs is 1. The topological polar surface area (TPSA) is 73.3 Å². The van der Waals surface area contributed by atoms with Crippen LogP contribution in [0.25, 0.3) is 11.3 Å². The second-order valence-electron chi connectivity index (χ2n) is 5.34. The molecule has 2 heterocycles. The molecule has 124 valence electrons. The van der Waals surface area contributed by atoms with Crippen molar-refractivity contribution in [1.82, 2.24) is 10.2 Å². The van der Waals surface area contributed by atoms with Crippen molar-refractivity contribution >= 4 is 23.2 Å². The van der Waals surface area contributed by atoms with Gasteiger partial charge in [-0.1, -0.05) is 23.7 Å². The maximum Gasteiger partial charge on any atom is 0.255 e. The van der Waals surface area contributed by atoms with Crippen molar-refractivity contribution in [2.24, 2.45) is 0 Å². The monoisotopic (exact) mass is 353 g/mol. The molecule has 0 unspecified atom stereocenters. The summed E-state index contributed by atoms with van der Waals surface area (Å²) in [7, 11) is 0. The van der Waals surface area contributed by atoms with Crippen molar-refractivity contribution in [2.75, 3.05) is 12.1 Å². The summed E-state index contributed by atoms with van der Waals surface area (Å²) in [6, 6.07) is 15.9. The van der Waals surface area contributed by atoms with Crippen LogP contribution in [0.15, 0.2) is 54.6 Å². The van der Waals surface area contributed by atoms with Crippen LogP contribution in [0.3, 0.4) is 0 Å². The number of halogens is 1. The van der Waals surface area contributed by atoms with Crippen LogP contribution in [0.1, 0.15) is 10.4 Å². The third kappa shape index (κ3) is 3.25. The Kier molecular flexibility index (Phi) is 3.95. The number of amides is 1. The molecule has 1 N–H and O–H groups in total. The molecule has 7 heteroatoms. The van der Waals surface area contributed by atoms with Gasteiger partial charge in [-0.3, -0.25) is 4.79 Å². The molecule has 0 fully saturated rings. The van der Waals surface area contributed by atoms with Crippen LogP contribution in [0, 0.1) is 0 Å². The Bertz CT molecular complexity index is 945. The highest BCUT2D eigenvalue weighted by molar-refractivity contribution is 6.29. The summed E-state index contributed by atoms with van der Waals surface area (Å²) in [5, 5.41) is 11.1. The first-order valence-electron chi connectivity index (χ1n) is 7.50. The predicted molar refractivity (Wildman–Crippen MR) is 93.0 cm³/mol. The van der Waals surface area contributed by atoms with Crippen LogP contribution >= 0.6 is 11.6 Å². The lowest BCUT2D eigenvalue weighted by Gasteiger charge is -2.08. The molecule has 0 saturated heterocycles. The Morgan fingerprint density at radius 3 is 2.72 bits per heavy atom. The molecule has 1 amide bonds. The summed E-state index contributed by atoms with van der Waals surface area (Å²) in [4.78, 5) is 12.5. The molecule has 1 aliphatic heterocycles. The summed E-state index contributed by atoms with van der Waals surface area (Å²) in [6.45, 7) is 0.171. The number of hydrogen-bond donors (Lipinski definition) is 1. The normalized spacial score (nSPS) is 12.0. The number of carbonyl (C=O) groups is 1. The van der Waals surface area contributed by atoms with Crippen LogP contribution < -0.4 is 14.8 Å². The fourth-order valence-electron chi connectivity index (χ4n) is 2.47. The van der Waals surface area contributed by atoms with Crippen LogP contribution in [0.2, 0.25) is 5.15 Å². The van der Waals surface area contributed by atoms with Crippen LogP contribution in [0.5, 0.6) is 11.5 Å². The lowest BCUT2D eigenvalue weighted by Crippen LogP contribution is -2.11. The molecule has 1 aliphatic rings. The highest BCUT2D eigenvalue weighted by atomic mass is 35.5. The Morgan fingerprint density at radius 2 is 1.88 bits per heavy atom. The first-order valence-corrected chi connectivity index (χ1v) is 7.87. The zero-order valence-electron chi connectivity index (χ0n) is 12.9. The Balaban J connectivity index is 1.55. The van der Waals surface area contributed by atoms with E-state index in [2.05, 4.69) is 15.5 Å². The first kappa shape index (κ1) is 15.4. The molecule has 0 saturated carbocycles. The number of hydrogen-bond acceptors (Lipinski definition) is 5. The maximum absolute atomic E-state index is 12.5. The molecule has 2 aromatic carbocycles. The molecular weight excluding hydrogens is 342 g/mol. The fourth-order valence-corrected chi connectivity index (χ4v) is 2.57. The van der Waals surface area contributed by atoms with Crippen molar-refractivity contribution in [2.45, 2.75) is 0 Å². The number of nitrogens with zero attached hydrogens (tertiary/aromatic N) is 2. The van der Waals surface area contributed by atoms with E-state index < -0.39 is 0 Å². The minimum Gasteiger partial charge on any atom is -0.454 e. The number of nitrogens with one attached hydrogen (secondary N) is 1. The number of ether oxygens (including phenoxy) is 2. The summed E-state index contributed by atoms with van der Waals surface area (Å²) < 4.78 is 10.5. The number of rotatable bonds is 3. The summed E-state index contributed by atoms with van der Waals surface area (Å²) in [5.41, 5.74) is 2.63. The quantitative estimate of drug-likeness (QED) is 0.775. The van der Waals surface area contributed by atoms with Gasteiger partial charge in [0, 0.05) is 16.8 Å². The minimum atomic E-state index is -0.238. The molecule has 4 rings (SSSR count). The number of aromatic nitrogens is 2. The van der Waals surface area contributed by atoms with E-state index in [9.17, 15) is 4.79 Å². The molecule has 0 atom stereocenters. The maximum atomic E-state index is 12.5. The predicted octanol–water partition coefficient (Wildman–Crippen LogP) is 3.78. The minimum absolute atomic E-state index is 0.171. The standard InChI is InChI=1S/C18H12ClN3O3/c19-17-7-5-14(21-22-17)11-2-1-3-13(8-11)20-18(23)12-4-6-15-16(9-12)25-10-24-15/h1-9H,10H2,(H,20,23). The van der Waals surface area contributed by atoms with Gasteiger partial charge < -0.3 is 14.8 Å². The fraction of sp³-hybridized carbons (Fsp3) is 0.0556. The van der Waals surface area contributed by atoms with Gasteiger partial charge in [0.1, 0.15) is 0 Å². The van der Waals surface area contributed by atoms with Crippen molar-refractivity contribution in [3.8, 4) is 22.8 Å². The molecule has 0 spiro atoms. The highest BCUT2D eigenvalue weighted by Gasteiger charge is 2.16. The van der Waals surface area contributed by atoms with Crippen molar-refractivity contribution in [3.63, 3.8) is 0 Å². The van der Waals surface area contributed by atoms with E-state index in [1.165, 1.54) is 0 Å². The Hall–Kier alpha value is -3.12. The second-order valence-corrected chi connectivity index (χ2v) is 5.73. The molecule has 6 nitrogen and oxygen atoms in total. The molecule has 0 bridgehead atoms. The van der Waals surface area contributed by atoms with Gasteiger partial charge >= 0.3 is 0 Å². The van der Waals surface area contributed by atoms with Crippen LogP contribution in [-0.4, -0.2) is 22.9 Å². The summed E-state index contributed by atoms with van der Waals surface area (Å²) in [6.07, 6.45) is 0. The summed E-state index contributed by atoms with van der Waals surface area (Å²) in [5.74, 6) is 0.968. The van der Waals surface area contributed by atoms with Gasteiger partial charge in [-0.15, -0.1) is 10.2 Å². The number of benzene rings is 2. The van der Waals surface area contributed by atoms with Gasteiger partial charge in [0.05, 0.1) is 5.69 Å². The molecule has 0 radical (unpaired) electrons. The lowest BCUT2D eigenvalue weighted by atomic mass is 10.1. The van der Waals surface area contributed by atoms with Crippen molar-refractivity contribution in [1.29, 1.82) is 0 Å². The van der Waals surface area contributed by atoms with E-state index in [0.717, 1.165) is 5.56 Å². The highest BCUT2D eigenvalue weighted by Crippen LogP contribution is 2.32. The Morgan fingerprint density at radius 1 is 1.00 bits per heavy atom. The van der Waals surface area contributed by atoms with Gasteiger partial charge in [-0.2, -0.15) is 0 Å². The molecule has 25 heavy (non-hydrogen) atoms. The van der Waals surface area contributed by atoms with Gasteiger partial charge in [0.15, 0.2) is 16.7 Å². The lowest BCUT2D eigenvalue weighted by molar-refractivity contribution is 0.102. The molecule has 1 aromatic heterocycles. The van der Waals surface area contributed by atoms with E-state index >= 15 is 0 Å². The third-order valence-corrected chi connectivity index (χ3v) is 3.88. The van der Waals surface area contributed by atoms with Gasteiger partial charge in [0.25, 0.3) is 5.91 Å². The van der Waals surface area contributed by atoms with Gasteiger partial charge in [-0.05, 0) is 42.5 Å². The average Bonchev–Trinajstić information content (AvgIpc) is 3.10. The summed E-state index contributed by atoms with van der Waals surface area (Å²) >= 11 is 5.76. The van der Waals surface area contributed by atoms with Gasteiger partial charge in [0.2, 0.25) is 6.79 Å². The van der Waals surface area contributed by atoms with E-state index in [-0.39, 0.29) is 12.7 Å². The number of carbonyl (C=O) groups excluding carboxylic acids is 1. The molecule has 0 aliphatic carbocycles.